The highest BCUT2D eigenvalue weighted by molar-refractivity contribution is 7.85. The Kier molecular flexibility index (Phi) is 7.18. The van der Waals surface area contributed by atoms with Gasteiger partial charge in [-0.15, -0.1) is 0 Å². The van der Waals surface area contributed by atoms with Gasteiger partial charge in [-0.05, 0) is 24.5 Å². The summed E-state index contributed by atoms with van der Waals surface area (Å²) in [5.74, 6) is 1.59. The average Bonchev–Trinajstić information content (AvgIpc) is 2.39. The number of benzene rings is 1. The second-order valence-corrected chi connectivity index (χ2v) is 6.31. The molecule has 1 aromatic rings. The van der Waals surface area contributed by atoms with Gasteiger partial charge in [-0.25, -0.2) is 0 Å². The first kappa shape index (κ1) is 15.7. The molecule has 0 bridgehead atoms. The number of hydrogen-bond acceptors (Lipinski definition) is 2. The SMILES string of the molecule is CC(C)CCN=C(N)NCCS(=O)c1ccccc1. The molecule has 1 aromatic carbocycles. The summed E-state index contributed by atoms with van der Waals surface area (Å²) < 4.78 is 11.9. The summed E-state index contributed by atoms with van der Waals surface area (Å²) in [7, 11) is -0.986. The third-order valence-electron chi connectivity index (χ3n) is 2.59. The van der Waals surface area contributed by atoms with Gasteiger partial charge >= 0.3 is 0 Å². The fourth-order valence-electron chi connectivity index (χ4n) is 1.46. The first-order valence-corrected chi connectivity index (χ1v) is 7.88. The Balaban J connectivity index is 2.25. The van der Waals surface area contributed by atoms with Gasteiger partial charge in [-0.2, -0.15) is 0 Å². The van der Waals surface area contributed by atoms with E-state index in [1.54, 1.807) is 0 Å². The first-order valence-electron chi connectivity index (χ1n) is 6.57. The van der Waals surface area contributed by atoms with E-state index in [1.807, 2.05) is 30.3 Å². The van der Waals surface area contributed by atoms with Crippen molar-refractivity contribution >= 4 is 16.8 Å². The zero-order valence-electron chi connectivity index (χ0n) is 11.6. The lowest BCUT2D eigenvalue weighted by Gasteiger charge is -2.06. The molecule has 0 heterocycles. The van der Waals surface area contributed by atoms with Crippen LogP contribution < -0.4 is 11.1 Å². The average molecular weight is 281 g/mol. The zero-order valence-corrected chi connectivity index (χ0v) is 12.5. The van der Waals surface area contributed by atoms with Crippen LogP contribution in [0.25, 0.3) is 0 Å². The van der Waals surface area contributed by atoms with E-state index in [1.165, 1.54) is 0 Å². The van der Waals surface area contributed by atoms with E-state index in [0.717, 1.165) is 17.9 Å². The number of nitrogens with zero attached hydrogens (tertiary/aromatic N) is 1. The van der Waals surface area contributed by atoms with Crippen molar-refractivity contribution in [2.75, 3.05) is 18.8 Å². The van der Waals surface area contributed by atoms with Crippen LogP contribution in [0.2, 0.25) is 0 Å². The third kappa shape index (κ3) is 6.96. The summed E-state index contributed by atoms with van der Waals surface area (Å²) in [5.41, 5.74) is 5.72. The van der Waals surface area contributed by atoms with E-state index in [4.69, 9.17) is 5.73 Å². The van der Waals surface area contributed by atoms with Crippen molar-refractivity contribution in [3.8, 4) is 0 Å². The molecule has 1 rings (SSSR count). The molecule has 4 nitrogen and oxygen atoms in total. The van der Waals surface area contributed by atoms with E-state index in [-0.39, 0.29) is 0 Å². The maximum Gasteiger partial charge on any atom is 0.188 e. The Morgan fingerprint density at radius 2 is 2.05 bits per heavy atom. The Morgan fingerprint density at radius 1 is 1.37 bits per heavy atom. The molecule has 0 aromatic heterocycles. The van der Waals surface area contributed by atoms with Crippen LogP contribution in [0.5, 0.6) is 0 Å². The Labute approximate surface area is 118 Å². The Hall–Kier alpha value is -1.36. The standard InChI is InChI=1S/C14H23N3OS/c1-12(2)8-9-16-14(15)17-10-11-19(18)13-6-4-3-5-7-13/h3-7,12H,8-11H2,1-2H3,(H3,15,16,17). The molecule has 0 saturated carbocycles. The molecule has 19 heavy (non-hydrogen) atoms. The van der Waals surface area contributed by atoms with E-state index in [9.17, 15) is 4.21 Å². The summed E-state index contributed by atoms with van der Waals surface area (Å²) in [5, 5.41) is 2.99. The molecule has 3 N–H and O–H groups in total. The fraction of sp³-hybridized carbons (Fsp3) is 0.500. The minimum Gasteiger partial charge on any atom is -0.370 e. The van der Waals surface area contributed by atoms with Crippen LogP contribution in [0.1, 0.15) is 20.3 Å². The highest BCUT2D eigenvalue weighted by atomic mass is 32.2. The number of rotatable bonds is 7. The van der Waals surface area contributed by atoms with Gasteiger partial charge in [-0.3, -0.25) is 9.20 Å². The molecule has 0 amide bonds. The largest absolute Gasteiger partial charge is 0.370 e. The van der Waals surface area contributed by atoms with Gasteiger partial charge in [0.1, 0.15) is 0 Å². The monoisotopic (exact) mass is 281 g/mol. The smallest absolute Gasteiger partial charge is 0.188 e. The van der Waals surface area contributed by atoms with E-state index < -0.39 is 10.8 Å². The van der Waals surface area contributed by atoms with Gasteiger partial charge in [0.25, 0.3) is 0 Å². The van der Waals surface area contributed by atoms with Crippen molar-refractivity contribution in [2.45, 2.75) is 25.2 Å². The van der Waals surface area contributed by atoms with Crippen LogP contribution in [-0.2, 0) is 10.8 Å². The van der Waals surface area contributed by atoms with Gasteiger partial charge in [-0.1, -0.05) is 32.0 Å². The van der Waals surface area contributed by atoms with Gasteiger partial charge in [0.05, 0.1) is 10.8 Å². The molecule has 0 radical (unpaired) electrons. The van der Waals surface area contributed by atoms with Crippen LogP contribution in [0.15, 0.2) is 40.2 Å². The van der Waals surface area contributed by atoms with Crippen LogP contribution in [0.4, 0.5) is 0 Å². The minimum absolute atomic E-state index is 0.436. The van der Waals surface area contributed by atoms with Gasteiger partial charge < -0.3 is 11.1 Å². The molecule has 1 unspecified atom stereocenters. The lowest BCUT2D eigenvalue weighted by atomic mass is 10.1. The van der Waals surface area contributed by atoms with E-state index >= 15 is 0 Å². The van der Waals surface area contributed by atoms with Crippen LogP contribution in [0.3, 0.4) is 0 Å². The summed E-state index contributed by atoms with van der Waals surface area (Å²) in [6.45, 7) is 5.61. The Morgan fingerprint density at radius 3 is 2.68 bits per heavy atom. The van der Waals surface area contributed by atoms with Gasteiger partial charge in [0.15, 0.2) is 5.96 Å². The van der Waals surface area contributed by atoms with Crippen molar-refractivity contribution < 1.29 is 4.21 Å². The zero-order chi connectivity index (χ0) is 14.1. The number of guanidine groups is 1. The molecule has 0 spiro atoms. The maximum absolute atomic E-state index is 11.9. The van der Waals surface area contributed by atoms with Crippen molar-refractivity contribution in [3.63, 3.8) is 0 Å². The maximum atomic E-state index is 11.9. The second-order valence-electron chi connectivity index (χ2n) is 4.74. The second kappa shape index (κ2) is 8.69. The molecule has 5 heteroatoms. The molecular weight excluding hydrogens is 258 g/mol. The quantitative estimate of drug-likeness (QED) is 0.591. The highest BCUT2D eigenvalue weighted by Gasteiger charge is 2.02. The van der Waals surface area contributed by atoms with Crippen molar-refractivity contribution in [2.24, 2.45) is 16.6 Å². The van der Waals surface area contributed by atoms with Gasteiger partial charge in [0.2, 0.25) is 0 Å². The van der Waals surface area contributed by atoms with Crippen molar-refractivity contribution in [1.82, 2.24) is 5.32 Å². The molecule has 0 aliphatic rings. The normalized spacial score (nSPS) is 13.5. The fourth-order valence-corrected chi connectivity index (χ4v) is 2.44. The Bertz CT molecular complexity index is 418. The van der Waals surface area contributed by atoms with E-state index in [0.29, 0.717) is 24.2 Å². The number of aliphatic imine (C=N–C) groups is 1. The number of nitrogens with two attached hydrogens (primary N) is 1. The molecule has 1 atom stereocenters. The topological polar surface area (TPSA) is 67.5 Å². The number of hydrogen-bond donors (Lipinski definition) is 2. The molecule has 0 aliphatic heterocycles. The summed E-state index contributed by atoms with van der Waals surface area (Å²) >= 11 is 0. The van der Waals surface area contributed by atoms with Gasteiger partial charge in [0, 0.05) is 23.7 Å². The summed E-state index contributed by atoms with van der Waals surface area (Å²) in [6.07, 6.45) is 1.03. The predicted octanol–water partition coefficient (Wildman–Crippen LogP) is 1.74. The lowest BCUT2D eigenvalue weighted by Crippen LogP contribution is -2.34. The first-order chi connectivity index (χ1) is 9.09. The van der Waals surface area contributed by atoms with Crippen LogP contribution in [-0.4, -0.2) is 29.0 Å². The van der Waals surface area contributed by atoms with Crippen molar-refractivity contribution in [1.29, 1.82) is 0 Å². The number of nitrogens with one attached hydrogen (secondary N) is 1. The lowest BCUT2D eigenvalue weighted by molar-refractivity contribution is 0.596. The molecule has 0 aliphatic carbocycles. The summed E-state index contributed by atoms with van der Waals surface area (Å²) in [6, 6.07) is 9.44. The van der Waals surface area contributed by atoms with E-state index in [2.05, 4.69) is 24.2 Å². The molecule has 106 valence electrons. The van der Waals surface area contributed by atoms with Crippen molar-refractivity contribution in [3.05, 3.63) is 30.3 Å². The molecular formula is C14H23N3OS. The minimum atomic E-state index is -0.986. The predicted molar refractivity (Wildman–Crippen MR) is 81.7 cm³/mol. The van der Waals surface area contributed by atoms with Crippen LogP contribution >= 0.6 is 0 Å². The highest BCUT2D eigenvalue weighted by Crippen LogP contribution is 2.04. The molecule has 0 fully saturated rings. The third-order valence-corrected chi connectivity index (χ3v) is 3.96. The molecule has 0 saturated heterocycles. The summed E-state index contributed by atoms with van der Waals surface area (Å²) in [4.78, 5) is 5.07. The van der Waals surface area contributed by atoms with Crippen LogP contribution in [0, 0.1) is 5.92 Å².